The van der Waals surface area contributed by atoms with Gasteiger partial charge in [-0.05, 0) is 30.7 Å². The molecule has 1 aromatic rings. The van der Waals surface area contributed by atoms with Gasteiger partial charge in [-0.3, -0.25) is 9.59 Å². The zero-order valence-electron chi connectivity index (χ0n) is 12.0. The molecule has 1 atom stereocenters. The molecule has 6 heteroatoms. The summed E-state index contributed by atoms with van der Waals surface area (Å²) in [6, 6.07) is 7.58. The lowest BCUT2D eigenvalue weighted by atomic mass is 9.98. The number of carbonyl (C=O) groups excluding carboxylic acids is 2. The van der Waals surface area contributed by atoms with Crippen LogP contribution in [0.25, 0.3) is 0 Å². The lowest BCUT2D eigenvalue weighted by molar-refractivity contribution is -0.136. The monoisotopic (exact) mass is 354 g/mol. The Hall–Kier alpha value is -1.56. The number of likely N-dealkylation sites (N-methyl/N-ethyl adjacent to an activating group) is 1. The van der Waals surface area contributed by atoms with E-state index in [9.17, 15) is 9.59 Å². The molecule has 0 aliphatic carbocycles. The number of nitrogens with one attached hydrogen (secondary N) is 1. The van der Waals surface area contributed by atoms with Gasteiger partial charge in [0.1, 0.15) is 12.4 Å². The summed E-state index contributed by atoms with van der Waals surface area (Å²) in [6.45, 7) is 1.41. The molecule has 1 aliphatic rings. The van der Waals surface area contributed by atoms with Crippen molar-refractivity contribution in [2.75, 3.05) is 26.7 Å². The van der Waals surface area contributed by atoms with Gasteiger partial charge in [-0.2, -0.15) is 0 Å². The second-order valence-electron chi connectivity index (χ2n) is 5.10. The van der Waals surface area contributed by atoms with E-state index in [1.165, 1.54) is 0 Å². The first-order valence-electron chi connectivity index (χ1n) is 6.96. The first-order valence-corrected chi connectivity index (χ1v) is 7.75. The van der Waals surface area contributed by atoms with Crippen molar-refractivity contribution in [3.05, 3.63) is 28.7 Å². The van der Waals surface area contributed by atoms with Crippen molar-refractivity contribution in [3.8, 4) is 5.75 Å². The molecular weight excluding hydrogens is 336 g/mol. The van der Waals surface area contributed by atoms with E-state index in [1.54, 1.807) is 11.9 Å². The SMILES string of the molecule is CN(CCOc1ccc(Br)cc1)C(=O)C1CCC(=O)NC1. The number of carbonyl (C=O) groups is 2. The van der Waals surface area contributed by atoms with Crippen LogP contribution in [0.5, 0.6) is 5.75 Å². The Morgan fingerprint density at radius 3 is 2.76 bits per heavy atom. The number of amides is 2. The fourth-order valence-corrected chi connectivity index (χ4v) is 2.46. The second-order valence-corrected chi connectivity index (χ2v) is 6.02. The van der Waals surface area contributed by atoms with E-state index >= 15 is 0 Å². The average Bonchev–Trinajstić information content (AvgIpc) is 2.49. The third-order valence-corrected chi connectivity index (χ3v) is 4.03. The zero-order valence-corrected chi connectivity index (χ0v) is 13.6. The van der Waals surface area contributed by atoms with Crippen LogP contribution in [-0.4, -0.2) is 43.5 Å². The van der Waals surface area contributed by atoms with Gasteiger partial charge in [0, 0.05) is 24.5 Å². The number of benzene rings is 1. The minimum absolute atomic E-state index is 0.0280. The predicted octanol–water partition coefficient (Wildman–Crippen LogP) is 1.81. The third kappa shape index (κ3) is 4.74. The van der Waals surface area contributed by atoms with Gasteiger partial charge in [0.05, 0.1) is 12.5 Å². The fourth-order valence-electron chi connectivity index (χ4n) is 2.20. The number of nitrogens with zero attached hydrogens (tertiary/aromatic N) is 1. The zero-order chi connectivity index (χ0) is 15.2. The van der Waals surface area contributed by atoms with E-state index in [4.69, 9.17) is 4.74 Å². The minimum atomic E-state index is -0.111. The summed E-state index contributed by atoms with van der Waals surface area (Å²) in [5.74, 6) is 0.763. The molecule has 2 amide bonds. The smallest absolute Gasteiger partial charge is 0.227 e. The molecule has 2 rings (SSSR count). The first-order chi connectivity index (χ1) is 10.1. The molecule has 0 saturated carbocycles. The van der Waals surface area contributed by atoms with Crippen molar-refractivity contribution in [3.63, 3.8) is 0 Å². The lowest BCUT2D eigenvalue weighted by Gasteiger charge is -2.26. The van der Waals surface area contributed by atoms with Crippen LogP contribution in [0, 0.1) is 5.92 Å². The molecule has 1 aliphatic heterocycles. The maximum atomic E-state index is 12.2. The molecule has 1 heterocycles. The van der Waals surface area contributed by atoms with Crippen molar-refractivity contribution in [2.24, 2.45) is 5.92 Å². The van der Waals surface area contributed by atoms with Gasteiger partial charge in [0.2, 0.25) is 11.8 Å². The van der Waals surface area contributed by atoms with Crippen molar-refractivity contribution >= 4 is 27.7 Å². The summed E-state index contributed by atoms with van der Waals surface area (Å²) in [5, 5.41) is 2.73. The molecule has 1 N–H and O–H groups in total. The largest absolute Gasteiger partial charge is 0.492 e. The predicted molar refractivity (Wildman–Crippen MR) is 83.0 cm³/mol. The van der Waals surface area contributed by atoms with Crippen molar-refractivity contribution < 1.29 is 14.3 Å². The highest BCUT2D eigenvalue weighted by molar-refractivity contribution is 9.10. The normalized spacial score (nSPS) is 18.0. The van der Waals surface area contributed by atoms with E-state index in [1.807, 2.05) is 24.3 Å². The van der Waals surface area contributed by atoms with Crippen LogP contribution in [0.1, 0.15) is 12.8 Å². The summed E-state index contributed by atoms with van der Waals surface area (Å²) in [7, 11) is 1.77. The lowest BCUT2D eigenvalue weighted by Crippen LogP contribution is -2.44. The summed E-state index contributed by atoms with van der Waals surface area (Å²) in [6.07, 6.45) is 1.06. The Morgan fingerprint density at radius 2 is 2.14 bits per heavy atom. The van der Waals surface area contributed by atoms with Crippen molar-refractivity contribution in [1.29, 1.82) is 0 Å². The number of piperidine rings is 1. The molecule has 1 aromatic carbocycles. The van der Waals surface area contributed by atoms with Gasteiger partial charge in [-0.1, -0.05) is 15.9 Å². The molecule has 114 valence electrons. The molecule has 0 aromatic heterocycles. The standard InChI is InChI=1S/C15H19BrN2O3/c1-18(15(20)11-2-7-14(19)17-10-11)8-9-21-13-5-3-12(16)4-6-13/h3-6,11H,2,7-10H2,1H3,(H,17,19). The Labute approximate surface area is 132 Å². The average molecular weight is 355 g/mol. The Morgan fingerprint density at radius 1 is 1.43 bits per heavy atom. The molecular formula is C15H19BrN2O3. The highest BCUT2D eigenvalue weighted by Crippen LogP contribution is 2.16. The summed E-state index contributed by atoms with van der Waals surface area (Å²) < 4.78 is 6.60. The van der Waals surface area contributed by atoms with Crippen molar-refractivity contribution in [1.82, 2.24) is 10.2 Å². The molecule has 0 bridgehead atoms. The highest BCUT2D eigenvalue weighted by atomic mass is 79.9. The maximum absolute atomic E-state index is 12.2. The second kappa shape index (κ2) is 7.45. The van der Waals surface area contributed by atoms with E-state index in [2.05, 4.69) is 21.2 Å². The van der Waals surface area contributed by atoms with Gasteiger partial charge < -0.3 is 15.0 Å². The van der Waals surface area contributed by atoms with E-state index in [0.717, 1.165) is 10.2 Å². The molecule has 1 fully saturated rings. The van der Waals surface area contributed by atoms with Crippen LogP contribution in [0.15, 0.2) is 28.7 Å². The summed E-state index contributed by atoms with van der Waals surface area (Å²) in [4.78, 5) is 25.0. The first kappa shape index (κ1) is 15.8. The van der Waals surface area contributed by atoms with Gasteiger partial charge >= 0.3 is 0 Å². The van der Waals surface area contributed by atoms with Gasteiger partial charge in [0.15, 0.2) is 0 Å². The fraction of sp³-hybridized carbons (Fsp3) is 0.467. The van der Waals surface area contributed by atoms with Crippen LogP contribution >= 0.6 is 15.9 Å². The van der Waals surface area contributed by atoms with E-state index < -0.39 is 0 Å². The van der Waals surface area contributed by atoms with Crippen LogP contribution in [-0.2, 0) is 9.59 Å². The van der Waals surface area contributed by atoms with Gasteiger partial charge in [-0.25, -0.2) is 0 Å². The van der Waals surface area contributed by atoms with E-state index in [-0.39, 0.29) is 17.7 Å². The highest BCUT2D eigenvalue weighted by Gasteiger charge is 2.26. The molecule has 5 nitrogen and oxygen atoms in total. The Kier molecular flexibility index (Phi) is 5.61. The summed E-state index contributed by atoms with van der Waals surface area (Å²) in [5.41, 5.74) is 0. The molecule has 1 unspecified atom stereocenters. The molecule has 21 heavy (non-hydrogen) atoms. The van der Waals surface area contributed by atoms with Crippen LogP contribution < -0.4 is 10.1 Å². The molecule has 1 saturated heterocycles. The molecule has 0 spiro atoms. The molecule has 0 radical (unpaired) electrons. The van der Waals surface area contributed by atoms with Crippen molar-refractivity contribution in [2.45, 2.75) is 12.8 Å². The van der Waals surface area contributed by atoms with Crippen LogP contribution in [0.2, 0.25) is 0 Å². The Bertz CT molecular complexity index is 494. The van der Waals surface area contributed by atoms with Crippen LogP contribution in [0.3, 0.4) is 0 Å². The summed E-state index contributed by atoms with van der Waals surface area (Å²) >= 11 is 3.37. The van der Waals surface area contributed by atoms with E-state index in [0.29, 0.717) is 32.5 Å². The number of ether oxygens (including phenoxy) is 1. The quantitative estimate of drug-likeness (QED) is 0.877. The topological polar surface area (TPSA) is 58.6 Å². The number of hydrogen-bond acceptors (Lipinski definition) is 3. The van der Waals surface area contributed by atoms with Crippen LogP contribution in [0.4, 0.5) is 0 Å². The number of hydrogen-bond donors (Lipinski definition) is 1. The number of halogens is 1. The van der Waals surface area contributed by atoms with Gasteiger partial charge in [0.25, 0.3) is 0 Å². The van der Waals surface area contributed by atoms with Gasteiger partial charge in [-0.15, -0.1) is 0 Å². The third-order valence-electron chi connectivity index (χ3n) is 3.50. The Balaban J connectivity index is 1.73. The minimum Gasteiger partial charge on any atom is -0.492 e. The number of rotatable bonds is 5. The maximum Gasteiger partial charge on any atom is 0.227 e.